The van der Waals surface area contributed by atoms with Gasteiger partial charge in [0.15, 0.2) is 0 Å². The summed E-state index contributed by atoms with van der Waals surface area (Å²) >= 11 is 0. The van der Waals surface area contributed by atoms with Gasteiger partial charge in [-0.05, 0) is 32.0 Å². The molecule has 0 aliphatic carbocycles. The maximum Gasteiger partial charge on any atom is 0.146 e. The standard InChI is InChI=1S/C16H25FN2O/c1-3-9-18-15-12-20-11-13(15)10-19(4-2)16-8-6-5-7-14(16)17/h5-8,13,15,18H,3-4,9-12H2,1-2H3. The number of nitrogens with one attached hydrogen (secondary N) is 1. The van der Waals surface area contributed by atoms with E-state index in [4.69, 9.17) is 4.74 Å². The molecule has 1 aromatic carbocycles. The fourth-order valence-corrected chi connectivity index (χ4v) is 2.72. The molecule has 0 bridgehead atoms. The zero-order chi connectivity index (χ0) is 14.4. The van der Waals surface area contributed by atoms with E-state index in [-0.39, 0.29) is 5.82 Å². The maximum absolute atomic E-state index is 13.9. The molecule has 0 aromatic heterocycles. The van der Waals surface area contributed by atoms with Crippen molar-refractivity contribution < 1.29 is 9.13 Å². The van der Waals surface area contributed by atoms with Crippen LogP contribution in [0.4, 0.5) is 10.1 Å². The highest BCUT2D eigenvalue weighted by Crippen LogP contribution is 2.22. The number of hydrogen-bond donors (Lipinski definition) is 1. The van der Waals surface area contributed by atoms with Gasteiger partial charge in [-0.2, -0.15) is 0 Å². The molecule has 112 valence electrons. The van der Waals surface area contributed by atoms with Crippen LogP contribution in [0.2, 0.25) is 0 Å². The van der Waals surface area contributed by atoms with Gasteiger partial charge in [0.1, 0.15) is 5.82 Å². The monoisotopic (exact) mass is 280 g/mol. The van der Waals surface area contributed by atoms with Crippen LogP contribution in [0, 0.1) is 11.7 Å². The number of para-hydroxylation sites is 1. The Kier molecular flexibility index (Phi) is 5.80. The molecule has 0 saturated carbocycles. The van der Waals surface area contributed by atoms with Gasteiger partial charge >= 0.3 is 0 Å². The first-order chi connectivity index (χ1) is 9.76. The fraction of sp³-hybridized carbons (Fsp3) is 0.625. The van der Waals surface area contributed by atoms with E-state index in [1.165, 1.54) is 6.07 Å². The lowest BCUT2D eigenvalue weighted by Gasteiger charge is -2.29. The van der Waals surface area contributed by atoms with Crippen LogP contribution in [0.1, 0.15) is 20.3 Å². The van der Waals surface area contributed by atoms with Crippen LogP contribution in [0.15, 0.2) is 24.3 Å². The molecule has 3 nitrogen and oxygen atoms in total. The van der Waals surface area contributed by atoms with Crippen LogP contribution in [0.25, 0.3) is 0 Å². The number of rotatable bonds is 7. The summed E-state index contributed by atoms with van der Waals surface area (Å²) in [5.41, 5.74) is 0.691. The minimum atomic E-state index is -0.147. The Labute approximate surface area is 121 Å². The third-order valence-corrected chi connectivity index (χ3v) is 3.88. The molecule has 1 heterocycles. The van der Waals surface area contributed by atoms with Crippen molar-refractivity contribution in [2.45, 2.75) is 26.3 Å². The molecule has 1 aliphatic heterocycles. The Bertz CT molecular complexity index is 413. The summed E-state index contributed by atoms with van der Waals surface area (Å²) < 4.78 is 19.5. The zero-order valence-electron chi connectivity index (χ0n) is 12.4. The van der Waals surface area contributed by atoms with Crippen LogP contribution in [-0.2, 0) is 4.74 Å². The summed E-state index contributed by atoms with van der Waals surface area (Å²) in [6.45, 7) is 8.39. The second-order valence-electron chi connectivity index (χ2n) is 5.35. The topological polar surface area (TPSA) is 24.5 Å². The van der Waals surface area contributed by atoms with E-state index in [2.05, 4.69) is 24.1 Å². The molecule has 0 spiro atoms. The minimum Gasteiger partial charge on any atom is -0.379 e. The predicted octanol–water partition coefficient (Wildman–Crippen LogP) is 2.67. The first-order valence-electron chi connectivity index (χ1n) is 7.56. The number of halogens is 1. The maximum atomic E-state index is 13.9. The van der Waals surface area contributed by atoms with Crippen LogP contribution in [0.5, 0.6) is 0 Å². The van der Waals surface area contributed by atoms with Gasteiger partial charge in [0.05, 0.1) is 18.9 Å². The zero-order valence-corrected chi connectivity index (χ0v) is 12.4. The summed E-state index contributed by atoms with van der Waals surface area (Å²) in [4.78, 5) is 2.11. The Morgan fingerprint density at radius 2 is 2.10 bits per heavy atom. The number of anilines is 1. The van der Waals surface area contributed by atoms with Gasteiger partial charge in [0, 0.05) is 25.0 Å². The average Bonchev–Trinajstić information content (AvgIpc) is 2.90. The molecule has 1 N–H and O–H groups in total. The van der Waals surface area contributed by atoms with Crippen molar-refractivity contribution in [1.82, 2.24) is 5.32 Å². The van der Waals surface area contributed by atoms with E-state index < -0.39 is 0 Å². The number of nitrogens with zero attached hydrogens (tertiary/aromatic N) is 1. The van der Waals surface area contributed by atoms with Gasteiger partial charge in [0.2, 0.25) is 0 Å². The molecule has 2 atom stereocenters. The molecule has 20 heavy (non-hydrogen) atoms. The van der Waals surface area contributed by atoms with Crippen molar-refractivity contribution in [3.63, 3.8) is 0 Å². The molecule has 2 unspecified atom stereocenters. The quantitative estimate of drug-likeness (QED) is 0.831. The normalized spacial score (nSPS) is 22.1. The van der Waals surface area contributed by atoms with E-state index in [0.717, 1.165) is 39.3 Å². The van der Waals surface area contributed by atoms with Crippen LogP contribution in [-0.4, -0.2) is 38.9 Å². The first kappa shape index (κ1) is 15.3. The molecule has 4 heteroatoms. The molecule has 1 saturated heterocycles. The van der Waals surface area contributed by atoms with Gasteiger partial charge in [-0.15, -0.1) is 0 Å². The van der Waals surface area contributed by atoms with Gasteiger partial charge in [0.25, 0.3) is 0 Å². The summed E-state index contributed by atoms with van der Waals surface area (Å²) in [5.74, 6) is 0.271. The van der Waals surface area contributed by atoms with Crippen molar-refractivity contribution in [2.75, 3.05) is 37.7 Å². The molecular weight excluding hydrogens is 255 g/mol. The third-order valence-electron chi connectivity index (χ3n) is 3.88. The Hall–Kier alpha value is -1.13. The van der Waals surface area contributed by atoms with E-state index >= 15 is 0 Å². The van der Waals surface area contributed by atoms with Crippen molar-refractivity contribution in [1.29, 1.82) is 0 Å². The highest BCUT2D eigenvalue weighted by Gasteiger charge is 2.29. The summed E-state index contributed by atoms with van der Waals surface area (Å²) in [6.07, 6.45) is 1.12. The van der Waals surface area contributed by atoms with E-state index in [9.17, 15) is 4.39 Å². The molecule has 0 radical (unpaired) electrons. The minimum absolute atomic E-state index is 0.147. The smallest absolute Gasteiger partial charge is 0.146 e. The molecular formula is C16H25FN2O. The molecule has 1 aromatic rings. The lowest BCUT2D eigenvalue weighted by molar-refractivity contribution is 0.183. The van der Waals surface area contributed by atoms with E-state index in [1.807, 2.05) is 12.1 Å². The second kappa shape index (κ2) is 7.60. The predicted molar refractivity (Wildman–Crippen MR) is 80.7 cm³/mol. The molecule has 2 rings (SSSR count). The Morgan fingerprint density at radius 3 is 2.80 bits per heavy atom. The van der Waals surface area contributed by atoms with E-state index in [1.54, 1.807) is 6.07 Å². The molecule has 0 amide bonds. The van der Waals surface area contributed by atoms with Crippen LogP contribution < -0.4 is 10.2 Å². The van der Waals surface area contributed by atoms with Crippen LogP contribution in [0.3, 0.4) is 0 Å². The Balaban J connectivity index is 2.01. The van der Waals surface area contributed by atoms with Gasteiger partial charge < -0.3 is 15.0 Å². The van der Waals surface area contributed by atoms with Crippen molar-refractivity contribution >= 4 is 5.69 Å². The average molecular weight is 280 g/mol. The second-order valence-corrected chi connectivity index (χ2v) is 5.35. The fourth-order valence-electron chi connectivity index (χ4n) is 2.72. The summed E-state index contributed by atoms with van der Waals surface area (Å²) in [6, 6.07) is 7.38. The third kappa shape index (κ3) is 3.70. The van der Waals surface area contributed by atoms with Gasteiger partial charge in [-0.1, -0.05) is 19.1 Å². The lowest BCUT2D eigenvalue weighted by atomic mass is 10.0. The van der Waals surface area contributed by atoms with Crippen molar-refractivity contribution in [3.05, 3.63) is 30.1 Å². The molecule has 1 aliphatic rings. The Morgan fingerprint density at radius 1 is 1.30 bits per heavy atom. The molecule has 1 fully saturated rings. The van der Waals surface area contributed by atoms with E-state index in [0.29, 0.717) is 17.6 Å². The lowest BCUT2D eigenvalue weighted by Crippen LogP contribution is -2.42. The van der Waals surface area contributed by atoms with Crippen LogP contribution >= 0.6 is 0 Å². The van der Waals surface area contributed by atoms with Crippen molar-refractivity contribution in [2.24, 2.45) is 5.92 Å². The SMILES string of the molecule is CCCNC1COCC1CN(CC)c1ccccc1F. The van der Waals surface area contributed by atoms with Gasteiger partial charge in [-0.25, -0.2) is 4.39 Å². The summed E-state index contributed by atoms with van der Waals surface area (Å²) in [7, 11) is 0. The highest BCUT2D eigenvalue weighted by molar-refractivity contribution is 5.47. The van der Waals surface area contributed by atoms with Gasteiger partial charge in [-0.3, -0.25) is 0 Å². The summed E-state index contributed by atoms with van der Waals surface area (Å²) in [5, 5.41) is 3.53. The number of hydrogen-bond acceptors (Lipinski definition) is 3. The first-order valence-corrected chi connectivity index (χ1v) is 7.56. The number of ether oxygens (including phenoxy) is 1. The van der Waals surface area contributed by atoms with Crippen molar-refractivity contribution in [3.8, 4) is 0 Å². The largest absolute Gasteiger partial charge is 0.379 e. The number of benzene rings is 1. The highest BCUT2D eigenvalue weighted by atomic mass is 19.1.